The van der Waals surface area contributed by atoms with E-state index in [9.17, 15) is 18.9 Å². The number of nitrogens with zero attached hydrogens (tertiary/aromatic N) is 1. The van der Waals surface area contributed by atoms with Gasteiger partial charge in [-0.05, 0) is 19.1 Å². The van der Waals surface area contributed by atoms with E-state index < -0.39 is 16.6 Å². The van der Waals surface area contributed by atoms with Gasteiger partial charge >= 0.3 is 0 Å². The first-order valence-electron chi connectivity index (χ1n) is 6.04. The third-order valence-corrected chi connectivity index (χ3v) is 2.93. The standard InChI is InChI=1S/C14H12F2N2O3/c1-8-5-13(11(16)6-12(8)18(19)20)21-14-9(7-17)3-2-4-10(14)15/h2-6H,7,17H2,1H3. The molecule has 2 rings (SSSR count). The second-order valence-corrected chi connectivity index (χ2v) is 4.36. The molecular formula is C14H12F2N2O3. The maximum Gasteiger partial charge on any atom is 0.275 e. The van der Waals surface area contributed by atoms with E-state index in [1.54, 1.807) is 6.07 Å². The van der Waals surface area contributed by atoms with Crippen LogP contribution in [0.2, 0.25) is 0 Å². The third-order valence-electron chi connectivity index (χ3n) is 2.93. The fourth-order valence-electron chi connectivity index (χ4n) is 1.86. The summed E-state index contributed by atoms with van der Waals surface area (Å²) in [5.74, 6) is -2.11. The van der Waals surface area contributed by atoms with Crippen LogP contribution in [0, 0.1) is 28.7 Å². The van der Waals surface area contributed by atoms with Crippen molar-refractivity contribution in [1.29, 1.82) is 0 Å². The van der Waals surface area contributed by atoms with Gasteiger partial charge in [0.1, 0.15) is 0 Å². The lowest BCUT2D eigenvalue weighted by Gasteiger charge is -2.12. The molecule has 5 nitrogen and oxygen atoms in total. The van der Waals surface area contributed by atoms with Gasteiger partial charge in [0.15, 0.2) is 23.1 Å². The van der Waals surface area contributed by atoms with E-state index in [1.165, 1.54) is 13.0 Å². The van der Waals surface area contributed by atoms with Crippen LogP contribution in [0.15, 0.2) is 30.3 Å². The first-order valence-corrected chi connectivity index (χ1v) is 6.04. The Morgan fingerprint density at radius 1 is 1.29 bits per heavy atom. The molecule has 110 valence electrons. The van der Waals surface area contributed by atoms with Crippen molar-refractivity contribution in [2.45, 2.75) is 13.5 Å². The van der Waals surface area contributed by atoms with Crippen molar-refractivity contribution in [2.24, 2.45) is 5.73 Å². The van der Waals surface area contributed by atoms with Gasteiger partial charge in [-0.3, -0.25) is 10.1 Å². The Morgan fingerprint density at radius 2 is 2.00 bits per heavy atom. The van der Waals surface area contributed by atoms with Gasteiger partial charge in [0.05, 0.1) is 11.0 Å². The average Bonchev–Trinajstić information content (AvgIpc) is 2.44. The first kappa shape index (κ1) is 14.9. The van der Waals surface area contributed by atoms with Crippen LogP contribution in [0.4, 0.5) is 14.5 Å². The Labute approximate surface area is 119 Å². The molecule has 0 aliphatic rings. The van der Waals surface area contributed by atoms with Gasteiger partial charge < -0.3 is 10.5 Å². The highest BCUT2D eigenvalue weighted by Crippen LogP contribution is 2.33. The topological polar surface area (TPSA) is 78.4 Å². The lowest BCUT2D eigenvalue weighted by molar-refractivity contribution is -0.385. The number of nitro benzene ring substituents is 1. The molecule has 0 aliphatic heterocycles. The fraction of sp³-hybridized carbons (Fsp3) is 0.143. The fourth-order valence-corrected chi connectivity index (χ4v) is 1.86. The number of hydrogen-bond acceptors (Lipinski definition) is 4. The summed E-state index contributed by atoms with van der Waals surface area (Å²) in [6, 6.07) is 6.06. The largest absolute Gasteiger partial charge is 0.451 e. The minimum Gasteiger partial charge on any atom is -0.451 e. The summed E-state index contributed by atoms with van der Waals surface area (Å²) in [6.45, 7) is 1.45. The smallest absolute Gasteiger partial charge is 0.275 e. The quantitative estimate of drug-likeness (QED) is 0.692. The molecule has 0 radical (unpaired) electrons. The summed E-state index contributed by atoms with van der Waals surface area (Å²) >= 11 is 0. The minimum absolute atomic E-state index is 0.0146. The van der Waals surface area contributed by atoms with E-state index in [4.69, 9.17) is 10.5 Å². The Morgan fingerprint density at radius 3 is 2.62 bits per heavy atom. The zero-order chi connectivity index (χ0) is 15.6. The Balaban J connectivity index is 2.46. The molecule has 0 bridgehead atoms. The lowest BCUT2D eigenvalue weighted by atomic mass is 10.1. The summed E-state index contributed by atoms with van der Waals surface area (Å²) in [6.07, 6.45) is 0. The van der Waals surface area contributed by atoms with Crippen LogP contribution < -0.4 is 10.5 Å². The Hall–Kier alpha value is -2.54. The van der Waals surface area contributed by atoms with Crippen molar-refractivity contribution < 1.29 is 18.4 Å². The van der Waals surface area contributed by atoms with Crippen LogP contribution in [-0.4, -0.2) is 4.92 Å². The molecule has 2 N–H and O–H groups in total. The van der Waals surface area contributed by atoms with Crippen molar-refractivity contribution >= 4 is 5.69 Å². The molecular weight excluding hydrogens is 282 g/mol. The number of ether oxygens (including phenoxy) is 1. The van der Waals surface area contributed by atoms with Crippen molar-refractivity contribution in [3.63, 3.8) is 0 Å². The van der Waals surface area contributed by atoms with Crippen molar-refractivity contribution in [2.75, 3.05) is 0 Å². The number of benzene rings is 2. The van der Waals surface area contributed by atoms with Gasteiger partial charge in [-0.2, -0.15) is 0 Å². The van der Waals surface area contributed by atoms with Crippen LogP contribution in [0.5, 0.6) is 11.5 Å². The van der Waals surface area contributed by atoms with Gasteiger partial charge in [-0.25, -0.2) is 8.78 Å². The summed E-state index contributed by atoms with van der Waals surface area (Å²) in [5.41, 5.74) is 5.68. The number of hydrogen-bond donors (Lipinski definition) is 1. The number of nitrogens with two attached hydrogens (primary N) is 1. The predicted octanol–water partition coefficient (Wildman–Crippen LogP) is 3.43. The van der Waals surface area contributed by atoms with Crippen LogP contribution in [0.3, 0.4) is 0 Å². The first-order chi connectivity index (χ1) is 9.93. The molecule has 0 atom stereocenters. The maximum atomic E-state index is 13.9. The average molecular weight is 294 g/mol. The van der Waals surface area contributed by atoms with Crippen molar-refractivity contribution in [3.05, 3.63) is 63.2 Å². The van der Waals surface area contributed by atoms with E-state index in [0.717, 1.165) is 18.2 Å². The number of para-hydroxylation sites is 1. The zero-order valence-corrected chi connectivity index (χ0v) is 11.1. The summed E-state index contributed by atoms with van der Waals surface area (Å²) in [5, 5.41) is 10.7. The summed E-state index contributed by atoms with van der Waals surface area (Å²) in [7, 11) is 0. The second-order valence-electron chi connectivity index (χ2n) is 4.36. The second kappa shape index (κ2) is 5.84. The molecule has 7 heteroatoms. The number of rotatable bonds is 4. The highest BCUT2D eigenvalue weighted by molar-refractivity contribution is 5.47. The van der Waals surface area contributed by atoms with Crippen LogP contribution in [0.1, 0.15) is 11.1 Å². The van der Waals surface area contributed by atoms with E-state index >= 15 is 0 Å². The summed E-state index contributed by atoms with van der Waals surface area (Å²) < 4.78 is 32.8. The molecule has 0 unspecified atom stereocenters. The van der Waals surface area contributed by atoms with Crippen molar-refractivity contribution in [1.82, 2.24) is 0 Å². The molecule has 0 saturated heterocycles. The van der Waals surface area contributed by atoms with Gasteiger partial charge in [0.2, 0.25) is 0 Å². The van der Waals surface area contributed by atoms with E-state index in [2.05, 4.69) is 0 Å². The highest BCUT2D eigenvalue weighted by Gasteiger charge is 2.18. The van der Waals surface area contributed by atoms with Crippen LogP contribution >= 0.6 is 0 Å². The summed E-state index contributed by atoms with van der Waals surface area (Å²) in [4.78, 5) is 10.0. The molecule has 0 fully saturated rings. The van der Waals surface area contributed by atoms with Crippen LogP contribution in [0.25, 0.3) is 0 Å². The van der Waals surface area contributed by atoms with Gasteiger partial charge in [0, 0.05) is 17.7 Å². The normalized spacial score (nSPS) is 10.5. The maximum absolute atomic E-state index is 13.9. The molecule has 0 spiro atoms. The minimum atomic E-state index is -0.946. The third kappa shape index (κ3) is 2.97. The Bertz CT molecular complexity index is 705. The monoisotopic (exact) mass is 294 g/mol. The number of nitro groups is 1. The number of halogens is 2. The van der Waals surface area contributed by atoms with Crippen molar-refractivity contribution in [3.8, 4) is 11.5 Å². The molecule has 0 saturated carbocycles. The molecule has 21 heavy (non-hydrogen) atoms. The molecule has 0 heterocycles. The predicted molar refractivity (Wildman–Crippen MR) is 72.2 cm³/mol. The SMILES string of the molecule is Cc1cc(Oc2c(F)cccc2CN)c(F)cc1[N+](=O)[O-]. The van der Waals surface area contributed by atoms with Gasteiger partial charge in [-0.15, -0.1) is 0 Å². The molecule has 0 aliphatic carbocycles. The van der Waals surface area contributed by atoms with Gasteiger partial charge in [0.25, 0.3) is 5.69 Å². The highest BCUT2D eigenvalue weighted by atomic mass is 19.1. The Kier molecular flexibility index (Phi) is 4.13. The zero-order valence-electron chi connectivity index (χ0n) is 11.1. The lowest BCUT2D eigenvalue weighted by Crippen LogP contribution is -2.02. The molecule has 2 aromatic rings. The number of aryl methyl sites for hydroxylation is 1. The van der Waals surface area contributed by atoms with Gasteiger partial charge in [-0.1, -0.05) is 12.1 Å². The van der Waals surface area contributed by atoms with E-state index in [1.807, 2.05) is 0 Å². The van der Waals surface area contributed by atoms with E-state index in [0.29, 0.717) is 5.56 Å². The van der Waals surface area contributed by atoms with Crippen LogP contribution in [-0.2, 0) is 6.54 Å². The van der Waals surface area contributed by atoms with E-state index in [-0.39, 0.29) is 29.3 Å². The molecule has 0 amide bonds. The molecule has 2 aromatic carbocycles. The molecule has 0 aromatic heterocycles.